The number of halogens is 1. The molecule has 0 N–H and O–H groups in total. The first kappa shape index (κ1) is 12.6. The number of ether oxygens (including phenoxy) is 1. The highest BCUT2D eigenvalue weighted by molar-refractivity contribution is 9.10. The normalized spacial score (nSPS) is 16.2. The van der Waals surface area contributed by atoms with Gasteiger partial charge in [0.2, 0.25) is 0 Å². The zero-order valence-corrected chi connectivity index (χ0v) is 11.6. The van der Waals surface area contributed by atoms with E-state index in [1.807, 2.05) is 6.07 Å². The molecule has 0 aromatic heterocycles. The van der Waals surface area contributed by atoms with E-state index in [1.54, 1.807) is 18.2 Å². The summed E-state index contributed by atoms with van der Waals surface area (Å²) in [5.41, 5.74) is 0. The second-order valence-electron chi connectivity index (χ2n) is 3.99. The Labute approximate surface area is 111 Å². The lowest BCUT2D eigenvalue weighted by Gasteiger charge is -2.08. The van der Waals surface area contributed by atoms with Crippen LogP contribution in [0.1, 0.15) is 12.8 Å². The molecule has 0 aliphatic heterocycles. The van der Waals surface area contributed by atoms with Gasteiger partial charge in [0, 0.05) is 4.90 Å². The third kappa shape index (κ3) is 3.55. The molecule has 1 aliphatic rings. The standard InChI is InChI=1S/C12H12BrNO2S/c13-11-7-10(17(15)6-5-14)3-4-12(11)16-8-9-1-2-9/h3-4,7,9H,1-2,6,8H2. The number of nitriles is 1. The van der Waals surface area contributed by atoms with E-state index >= 15 is 0 Å². The smallest absolute Gasteiger partial charge is 0.133 e. The number of rotatable bonds is 5. The van der Waals surface area contributed by atoms with Crippen LogP contribution in [-0.4, -0.2) is 16.6 Å². The largest absolute Gasteiger partial charge is 0.492 e. The van der Waals surface area contributed by atoms with Gasteiger partial charge in [-0.3, -0.25) is 4.21 Å². The van der Waals surface area contributed by atoms with Crippen LogP contribution in [0.15, 0.2) is 27.6 Å². The van der Waals surface area contributed by atoms with Gasteiger partial charge in [-0.15, -0.1) is 0 Å². The second kappa shape index (κ2) is 5.65. The summed E-state index contributed by atoms with van der Waals surface area (Å²) >= 11 is 3.39. The summed E-state index contributed by atoms with van der Waals surface area (Å²) in [7, 11) is -1.25. The van der Waals surface area contributed by atoms with E-state index in [9.17, 15) is 4.21 Å². The molecule has 1 atom stereocenters. The van der Waals surface area contributed by atoms with Crippen molar-refractivity contribution in [2.75, 3.05) is 12.4 Å². The van der Waals surface area contributed by atoms with Crippen LogP contribution < -0.4 is 4.74 Å². The molecule has 90 valence electrons. The number of hydrogen-bond donors (Lipinski definition) is 0. The Morgan fingerprint density at radius 2 is 2.29 bits per heavy atom. The fourth-order valence-electron chi connectivity index (χ4n) is 1.37. The van der Waals surface area contributed by atoms with Crippen LogP contribution in [0.4, 0.5) is 0 Å². The second-order valence-corrected chi connectivity index (χ2v) is 6.30. The molecular weight excluding hydrogens is 302 g/mol. The van der Waals surface area contributed by atoms with E-state index in [-0.39, 0.29) is 5.75 Å². The van der Waals surface area contributed by atoms with Crippen LogP contribution in [0.2, 0.25) is 0 Å². The highest BCUT2D eigenvalue weighted by atomic mass is 79.9. The van der Waals surface area contributed by atoms with Crippen molar-refractivity contribution in [3.63, 3.8) is 0 Å². The van der Waals surface area contributed by atoms with E-state index in [1.165, 1.54) is 12.8 Å². The summed E-state index contributed by atoms with van der Waals surface area (Å²) in [4.78, 5) is 0.650. The summed E-state index contributed by atoms with van der Waals surface area (Å²) in [6, 6.07) is 7.21. The molecule has 5 heteroatoms. The topological polar surface area (TPSA) is 50.1 Å². The first-order chi connectivity index (χ1) is 8.20. The highest BCUT2D eigenvalue weighted by Gasteiger charge is 2.22. The van der Waals surface area contributed by atoms with Crippen LogP contribution in [0, 0.1) is 17.2 Å². The van der Waals surface area contributed by atoms with E-state index < -0.39 is 10.8 Å². The van der Waals surface area contributed by atoms with Crippen molar-refractivity contribution in [3.8, 4) is 11.8 Å². The molecule has 1 aliphatic carbocycles. The molecule has 0 bridgehead atoms. The lowest BCUT2D eigenvalue weighted by Crippen LogP contribution is -2.01. The Kier molecular flexibility index (Phi) is 4.19. The van der Waals surface area contributed by atoms with Crippen LogP contribution >= 0.6 is 15.9 Å². The van der Waals surface area contributed by atoms with Gasteiger partial charge in [-0.25, -0.2) is 0 Å². The minimum absolute atomic E-state index is 0.0225. The van der Waals surface area contributed by atoms with Gasteiger partial charge in [0.15, 0.2) is 0 Å². The quantitative estimate of drug-likeness (QED) is 0.840. The lowest BCUT2D eigenvalue weighted by molar-refractivity contribution is 0.298. The van der Waals surface area contributed by atoms with Crippen molar-refractivity contribution in [1.82, 2.24) is 0 Å². The predicted octanol–water partition coefficient (Wildman–Crippen LogP) is 2.87. The van der Waals surface area contributed by atoms with Gasteiger partial charge in [-0.1, -0.05) is 0 Å². The predicted molar refractivity (Wildman–Crippen MR) is 69.2 cm³/mol. The molecule has 0 amide bonds. The number of nitrogens with zero attached hydrogens (tertiary/aromatic N) is 1. The van der Waals surface area contributed by atoms with Crippen LogP contribution in [-0.2, 0) is 10.8 Å². The van der Waals surface area contributed by atoms with E-state index in [4.69, 9.17) is 10.00 Å². The minimum atomic E-state index is -1.25. The summed E-state index contributed by atoms with van der Waals surface area (Å²) in [6.45, 7) is 0.749. The molecule has 1 fully saturated rings. The minimum Gasteiger partial charge on any atom is -0.492 e. The molecular formula is C12H12BrNO2S. The molecule has 3 nitrogen and oxygen atoms in total. The van der Waals surface area contributed by atoms with E-state index in [0.29, 0.717) is 10.8 Å². The summed E-state index contributed by atoms with van der Waals surface area (Å²) < 4.78 is 18.0. The first-order valence-electron chi connectivity index (χ1n) is 5.38. The number of hydrogen-bond acceptors (Lipinski definition) is 3. The molecule has 0 saturated heterocycles. The molecule has 0 spiro atoms. The average Bonchev–Trinajstić information content (AvgIpc) is 3.11. The summed E-state index contributed by atoms with van der Waals surface area (Å²) in [5, 5.41) is 8.49. The maximum absolute atomic E-state index is 11.6. The van der Waals surface area contributed by atoms with Gasteiger partial charge < -0.3 is 4.74 Å². The van der Waals surface area contributed by atoms with Gasteiger partial charge in [0.05, 0.1) is 27.9 Å². The van der Waals surface area contributed by atoms with Gasteiger partial charge >= 0.3 is 0 Å². The third-order valence-corrected chi connectivity index (χ3v) is 4.32. The molecule has 1 saturated carbocycles. The lowest BCUT2D eigenvalue weighted by atomic mass is 10.3. The van der Waals surface area contributed by atoms with Crippen molar-refractivity contribution >= 4 is 26.7 Å². The monoisotopic (exact) mass is 313 g/mol. The Hall–Kier alpha value is -0.860. The van der Waals surface area contributed by atoms with Gasteiger partial charge in [-0.2, -0.15) is 5.26 Å². The molecule has 1 aromatic carbocycles. The Balaban J connectivity index is 2.05. The summed E-state index contributed by atoms with van der Waals surface area (Å²) in [6.07, 6.45) is 2.50. The van der Waals surface area contributed by atoms with Crippen molar-refractivity contribution in [2.45, 2.75) is 17.7 Å². The molecule has 1 aromatic rings. The Morgan fingerprint density at radius 3 is 2.88 bits per heavy atom. The van der Waals surface area contributed by atoms with Crippen molar-refractivity contribution in [1.29, 1.82) is 5.26 Å². The third-order valence-electron chi connectivity index (χ3n) is 2.53. The van der Waals surface area contributed by atoms with Gasteiger partial charge in [-0.05, 0) is 52.9 Å². The molecule has 17 heavy (non-hydrogen) atoms. The van der Waals surface area contributed by atoms with Crippen LogP contribution in [0.3, 0.4) is 0 Å². The zero-order chi connectivity index (χ0) is 12.3. The van der Waals surface area contributed by atoms with Crippen molar-refractivity contribution < 1.29 is 8.95 Å². The summed E-state index contributed by atoms with van der Waals surface area (Å²) in [5.74, 6) is 1.50. The SMILES string of the molecule is N#CCS(=O)c1ccc(OCC2CC2)c(Br)c1. The fraction of sp³-hybridized carbons (Fsp3) is 0.417. The Morgan fingerprint density at radius 1 is 1.53 bits per heavy atom. The Bertz CT molecular complexity index is 480. The maximum atomic E-state index is 11.6. The molecule has 0 heterocycles. The van der Waals surface area contributed by atoms with Gasteiger partial charge in [0.25, 0.3) is 0 Å². The van der Waals surface area contributed by atoms with Crippen molar-refractivity contribution in [3.05, 3.63) is 22.7 Å². The molecule has 1 unspecified atom stereocenters. The molecule has 2 rings (SSSR count). The van der Waals surface area contributed by atoms with E-state index in [0.717, 1.165) is 16.8 Å². The maximum Gasteiger partial charge on any atom is 0.133 e. The van der Waals surface area contributed by atoms with Crippen LogP contribution in [0.25, 0.3) is 0 Å². The fourth-order valence-corrected chi connectivity index (χ4v) is 2.77. The van der Waals surface area contributed by atoms with E-state index in [2.05, 4.69) is 15.9 Å². The van der Waals surface area contributed by atoms with Crippen molar-refractivity contribution in [2.24, 2.45) is 5.92 Å². The number of benzene rings is 1. The highest BCUT2D eigenvalue weighted by Crippen LogP contribution is 2.32. The average molecular weight is 314 g/mol. The molecule has 0 radical (unpaired) electrons. The zero-order valence-electron chi connectivity index (χ0n) is 9.19. The van der Waals surface area contributed by atoms with Gasteiger partial charge in [0.1, 0.15) is 11.5 Å². The first-order valence-corrected chi connectivity index (χ1v) is 7.49. The van der Waals surface area contributed by atoms with Crippen LogP contribution in [0.5, 0.6) is 5.75 Å².